The van der Waals surface area contributed by atoms with Gasteiger partial charge in [0, 0.05) is 6.42 Å². The van der Waals surface area contributed by atoms with E-state index < -0.39 is 0 Å². The zero-order chi connectivity index (χ0) is 11.6. The van der Waals surface area contributed by atoms with E-state index in [4.69, 9.17) is 64.4 Å². The van der Waals surface area contributed by atoms with Gasteiger partial charge in [0.25, 0.3) is 0 Å². The Kier molecular flexibility index (Phi) is 4.94. The molecule has 0 amide bonds. The standard InChI is InChI=1S/C9H7Cl4NS/c10-5-3-6(11)9(13)4(8(5)12)1-2-7(14)15/h3H,1-2H2,(H2,14,15). The van der Waals surface area contributed by atoms with Gasteiger partial charge in [-0.3, -0.25) is 0 Å². The van der Waals surface area contributed by atoms with Gasteiger partial charge in [0.15, 0.2) is 0 Å². The molecule has 1 nitrogen and oxygen atoms in total. The summed E-state index contributed by atoms with van der Waals surface area (Å²) < 4.78 is 0. The fourth-order valence-corrected chi connectivity index (χ4v) is 2.23. The first-order valence-electron chi connectivity index (χ1n) is 4.03. The summed E-state index contributed by atoms with van der Waals surface area (Å²) in [5.74, 6) is 0. The maximum absolute atomic E-state index is 5.99. The number of nitrogens with two attached hydrogens (primary N) is 1. The molecular weight excluding hydrogens is 296 g/mol. The van der Waals surface area contributed by atoms with Crippen LogP contribution < -0.4 is 5.73 Å². The average molecular weight is 303 g/mol. The van der Waals surface area contributed by atoms with Gasteiger partial charge < -0.3 is 5.73 Å². The van der Waals surface area contributed by atoms with Crippen molar-refractivity contribution in [3.05, 3.63) is 31.7 Å². The minimum atomic E-state index is 0.379. The third kappa shape index (κ3) is 3.36. The van der Waals surface area contributed by atoms with Crippen LogP contribution in [0.3, 0.4) is 0 Å². The molecule has 0 aliphatic heterocycles. The number of hydrogen-bond acceptors (Lipinski definition) is 1. The Morgan fingerprint density at radius 1 is 1.13 bits per heavy atom. The molecule has 15 heavy (non-hydrogen) atoms. The Morgan fingerprint density at radius 3 is 2.00 bits per heavy atom. The SMILES string of the molecule is NC(=S)CCc1c(Cl)c(Cl)cc(Cl)c1Cl. The highest BCUT2D eigenvalue weighted by Gasteiger charge is 2.13. The normalized spacial score (nSPS) is 10.4. The first-order chi connectivity index (χ1) is 6.93. The molecule has 0 radical (unpaired) electrons. The first kappa shape index (κ1) is 13.3. The Balaban J connectivity index is 3.09. The van der Waals surface area contributed by atoms with Crippen LogP contribution >= 0.6 is 58.6 Å². The zero-order valence-corrected chi connectivity index (χ0v) is 11.3. The Hall–Kier alpha value is 0.270. The van der Waals surface area contributed by atoms with E-state index in [0.29, 0.717) is 43.5 Å². The van der Waals surface area contributed by atoms with Gasteiger partial charge in [-0.15, -0.1) is 0 Å². The zero-order valence-electron chi connectivity index (χ0n) is 7.49. The molecule has 0 aromatic heterocycles. The van der Waals surface area contributed by atoms with Gasteiger partial charge in [-0.25, -0.2) is 0 Å². The lowest BCUT2D eigenvalue weighted by molar-refractivity contribution is 1.04. The molecule has 1 aromatic rings. The predicted molar refractivity (Wildman–Crippen MR) is 71.6 cm³/mol. The van der Waals surface area contributed by atoms with Crippen LogP contribution in [0.5, 0.6) is 0 Å². The van der Waals surface area contributed by atoms with Crippen molar-refractivity contribution in [1.82, 2.24) is 0 Å². The molecule has 0 fully saturated rings. The summed E-state index contributed by atoms with van der Waals surface area (Å²) in [5, 5.41) is 1.57. The van der Waals surface area contributed by atoms with Gasteiger partial charge in [-0.2, -0.15) is 0 Å². The van der Waals surface area contributed by atoms with E-state index >= 15 is 0 Å². The van der Waals surface area contributed by atoms with Gasteiger partial charge in [0.05, 0.1) is 25.1 Å². The van der Waals surface area contributed by atoms with Crippen LogP contribution in [0, 0.1) is 0 Å². The lowest BCUT2D eigenvalue weighted by Crippen LogP contribution is -2.09. The van der Waals surface area contributed by atoms with Crippen LogP contribution in [0.2, 0.25) is 20.1 Å². The van der Waals surface area contributed by atoms with Crippen molar-refractivity contribution >= 4 is 63.6 Å². The molecule has 0 bridgehead atoms. The molecule has 0 saturated carbocycles. The summed E-state index contributed by atoms with van der Waals surface area (Å²) in [4.78, 5) is 0.401. The van der Waals surface area contributed by atoms with Crippen LogP contribution in [0.15, 0.2) is 6.07 Å². The molecule has 0 atom stereocenters. The lowest BCUT2D eigenvalue weighted by Gasteiger charge is -2.09. The Morgan fingerprint density at radius 2 is 1.60 bits per heavy atom. The number of halogens is 4. The van der Waals surface area contributed by atoms with E-state index in [1.807, 2.05) is 0 Å². The van der Waals surface area contributed by atoms with E-state index in [0.717, 1.165) is 0 Å². The lowest BCUT2D eigenvalue weighted by atomic mass is 10.1. The van der Waals surface area contributed by atoms with Crippen molar-refractivity contribution in [3.63, 3.8) is 0 Å². The Bertz CT molecular complexity index is 379. The fourth-order valence-electron chi connectivity index (χ4n) is 1.09. The largest absolute Gasteiger partial charge is 0.393 e. The topological polar surface area (TPSA) is 26.0 Å². The smallest absolute Gasteiger partial charge is 0.0730 e. The second kappa shape index (κ2) is 5.55. The van der Waals surface area contributed by atoms with E-state index in [9.17, 15) is 0 Å². The van der Waals surface area contributed by atoms with Crippen LogP contribution in [-0.4, -0.2) is 4.99 Å². The Labute approximate surface area is 113 Å². The van der Waals surface area contributed by atoms with E-state index in [-0.39, 0.29) is 0 Å². The molecule has 2 N–H and O–H groups in total. The monoisotopic (exact) mass is 301 g/mol. The van der Waals surface area contributed by atoms with Gasteiger partial charge in [-0.1, -0.05) is 58.6 Å². The van der Waals surface area contributed by atoms with Crippen molar-refractivity contribution in [2.75, 3.05) is 0 Å². The quantitative estimate of drug-likeness (QED) is 0.656. The third-order valence-electron chi connectivity index (χ3n) is 1.82. The molecule has 6 heteroatoms. The fraction of sp³-hybridized carbons (Fsp3) is 0.222. The molecule has 0 spiro atoms. The van der Waals surface area contributed by atoms with Crippen molar-refractivity contribution in [2.45, 2.75) is 12.8 Å². The van der Waals surface area contributed by atoms with Crippen molar-refractivity contribution in [3.8, 4) is 0 Å². The summed E-state index contributed by atoms with van der Waals surface area (Å²) in [5.41, 5.74) is 6.08. The molecule has 1 rings (SSSR count). The molecule has 82 valence electrons. The highest BCUT2D eigenvalue weighted by atomic mass is 35.5. The predicted octanol–water partition coefficient (Wildman–Crippen LogP) is 4.52. The summed E-state index contributed by atoms with van der Waals surface area (Å²) >= 11 is 28.5. The van der Waals surface area contributed by atoms with Gasteiger partial charge >= 0.3 is 0 Å². The van der Waals surface area contributed by atoms with Gasteiger partial charge in [0.1, 0.15) is 0 Å². The third-order valence-corrected chi connectivity index (χ3v) is 3.68. The summed E-state index contributed by atoms with van der Waals surface area (Å²) in [6.07, 6.45) is 1.05. The van der Waals surface area contributed by atoms with Crippen molar-refractivity contribution < 1.29 is 0 Å². The molecule has 0 heterocycles. The van der Waals surface area contributed by atoms with Crippen molar-refractivity contribution in [2.24, 2.45) is 5.73 Å². The maximum Gasteiger partial charge on any atom is 0.0730 e. The molecule has 0 aliphatic rings. The van der Waals surface area contributed by atoms with E-state index in [1.54, 1.807) is 0 Å². The van der Waals surface area contributed by atoms with Crippen LogP contribution in [0.4, 0.5) is 0 Å². The number of benzene rings is 1. The second-order valence-electron chi connectivity index (χ2n) is 2.91. The maximum atomic E-state index is 5.99. The molecule has 1 aromatic carbocycles. The minimum absolute atomic E-state index is 0.379. The molecule has 0 saturated heterocycles. The second-order valence-corrected chi connectivity index (χ2v) is 5.01. The molecule has 0 aliphatic carbocycles. The van der Waals surface area contributed by atoms with E-state index in [1.165, 1.54) is 6.07 Å². The van der Waals surface area contributed by atoms with Gasteiger partial charge in [0.2, 0.25) is 0 Å². The van der Waals surface area contributed by atoms with Crippen LogP contribution in [-0.2, 0) is 6.42 Å². The minimum Gasteiger partial charge on any atom is -0.393 e. The summed E-state index contributed by atoms with van der Waals surface area (Å²) in [6, 6.07) is 1.51. The van der Waals surface area contributed by atoms with E-state index in [2.05, 4.69) is 0 Å². The summed E-state index contributed by atoms with van der Waals surface area (Å²) in [7, 11) is 0. The number of rotatable bonds is 3. The van der Waals surface area contributed by atoms with Crippen molar-refractivity contribution in [1.29, 1.82) is 0 Å². The van der Waals surface area contributed by atoms with Gasteiger partial charge in [-0.05, 0) is 18.1 Å². The highest BCUT2D eigenvalue weighted by Crippen LogP contribution is 2.37. The number of thiocarbonyl (C=S) groups is 1. The number of hydrogen-bond donors (Lipinski definition) is 1. The average Bonchev–Trinajstić information content (AvgIpc) is 2.14. The highest BCUT2D eigenvalue weighted by molar-refractivity contribution is 7.80. The first-order valence-corrected chi connectivity index (χ1v) is 5.95. The van der Waals surface area contributed by atoms with Crippen LogP contribution in [0.1, 0.15) is 12.0 Å². The van der Waals surface area contributed by atoms with Crippen LogP contribution in [0.25, 0.3) is 0 Å². The summed E-state index contributed by atoms with van der Waals surface area (Å²) in [6.45, 7) is 0. The molecule has 0 unspecified atom stereocenters. The molecular formula is C9H7Cl4NS.